The molecule has 0 saturated carbocycles. The van der Waals surface area contributed by atoms with Gasteiger partial charge in [0.25, 0.3) is 0 Å². The van der Waals surface area contributed by atoms with Gasteiger partial charge in [0.15, 0.2) is 0 Å². The van der Waals surface area contributed by atoms with Gasteiger partial charge in [-0.3, -0.25) is 24.6 Å². The molecule has 2 fully saturated rings. The van der Waals surface area contributed by atoms with Gasteiger partial charge < -0.3 is 14.9 Å². The zero-order chi connectivity index (χ0) is 20.4. The molecule has 28 heavy (non-hydrogen) atoms. The molecule has 3 rings (SSSR count). The Hall–Kier alpha value is -2.61. The number of nitrogens with one attached hydrogen (secondary N) is 1. The van der Waals surface area contributed by atoms with E-state index in [9.17, 15) is 14.4 Å². The van der Waals surface area contributed by atoms with Gasteiger partial charge in [0.1, 0.15) is 6.04 Å². The standard InChI is InChI=1S/C20H28N4O4/c1-13-10-23(12-19(26)27)11-14(2)24(13)16-6-4-5-15(9-16)22(3)17-7-8-18(25)21-20(17)28/h4-6,9,13-14,17H,7-8,10-12H2,1-3H3,(H,26,27)(H,21,25,28)/t13-,14+,17?. The number of amides is 2. The highest BCUT2D eigenvalue weighted by Crippen LogP contribution is 2.29. The molecule has 1 aromatic carbocycles. The molecule has 0 aliphatic carbocycles. The number of aliphatic carboxylic acids is 1. The van der Waals surface area contributed by atoms with Crippen LogP contribution in [0.1, 0.15) is 26.7 Å². The molecule has 3 atom stereocenters. The van der Waals surface area contributed by atoms with Crippen molar-refractivity contribution in [2.75, 3.05) is 36.5 Å². The molecule has 8 heteroatoms. The van der Waals surface area contributed by atoms with Crippen LogP contribution in [-0.4, -0.2) is 72.6 Å². The van der Waals surface area contributed by atoms with Crippen molar-refractivity contribution in [2.45, 2.75) is 44.8 Å². The Morgan fingerprint density at radius 2 is 1.93 bits per heavy atom. The van der Waals surface area contributed by atoms with Crippen LogP contribution in [0.2, 0.25) is 0 Å². The van der Waals surface area contributed by atoms with Gasteiger partial charge in [-0.05, 0) is 38.5 Å². The Kier molecular flexibility index (Phi) is 5.88. The van der Waals surface area contributed by atoms with E-state index in [4.69, 9.17) is 5.11 Å². The summed E-state index contributed by atoms with van der Waals surface area (Å²) in [5.74, 6) is -1.28. The Morgan fingerprint density at radius 3 is 2.54 bits per heavy atom. The molecule has 2 aliphatic heterocycles. The summed E-state index contributed by atoms with van der Waals surface area (Å²) in [5, 5.41) is 11.5. The van der Waals surface area contributed by atoms with Crippen molar-refractivity contribution < 1.29 is 19.5 Å². The summed E-state index contributed by atoms with van der Waals surface area (Å²) in [5.41, 5.74) is 1.96. The molecular weight excluding hydrogens is 360 g/mol. The van der Waals surface area contributed by atoms with Crippen molar-refractivity contribution in [1.82, 2.24) is 10.2 Å². The van der Waals surface area contributed by atoms with E-state index in [1.807, 2.05) is 35.0 Å². The summed E-state index contributed by atoms with van der Waals surface area (Å²) in [7, 11) is 1.87. The molecule has 152 valence electrons. The lowest BCUT2D eigenvalue weighted by Gasteiger charge is -2.45. The van der Waals surface area contributed by atoms with E-state index in [-0.39, 0.29) is 36.5 Å². The maximum atomic E-state index is 12.2. The van der Waals surface area contributed by atoms with Crippen LogP contribution < -0.4 is 15.1 Å². The van der Waals surface area contributed by atoms with Crippen LogP contribution in [0.15, 0.2) is 24.3 Å². The van der Waals surface area contributed by atoms with Gasteiger partial charge in [-0.1, -0.05) is 6.07 Å². The lowest BCUT2D eigenvalue weighted by Crippen LogP contribution is -2.57. The first kappa shape index (κ1) is 20.1. The number of nitrogens with zero attached hydrogens (tertiary/aromatic N) is 3. The molecule has 0 spiro atoms. The van der Waals surface area contributed by atoms with Crippen LogP contribution >= 0.6 is 0 Å². The molecule has 2 aliphatic rings. The third-order valence-corrected chi connectivity index (χ3v) is 5.57. The SMILES string of the molecule is C[C@@H]1CN(CC(=O)O)C[C@H](C)N1c1cccc(N(C)C2CCC(=O)NC2=O)c1. The molecule has 8 nitrogen and oxygen atoms in total. The number of piperazine rings is 1. The van der Waals surface area contributed by atoms with Crippen molar-refractivity contribution in [3.05, 3.63) is 24.3 Å². The number of hydrogen-bond acceptors (Lipinski definition) is 6. The number of carbonyl (C=O) groups is 3. The maximum Gasteiger partial charge on any atom is 0.317 e. The second-order valence-corrected chi connectivity index (χ2v) is 7.79. The van der Waals surface area contributed by atoms with Crippen LogP contribution in [0.4, 0.5) is 11.4 Å². The van der Waals surface area contributed by atoms with Crippen LogP contribution in [0.5, 0.6) is 0 Å². The highest BCUT2D eigenvalue weighted by Gasteiger charge is 2.32. The van der Waals surface area contributed by atoms with Crippen LogP contribution in [0.3, 0.4) is 0 Å². The fourth-order valence-electron chi connectivity index (χ4n) is 4.37. The normalized spacial score (nSPS) is 26.1. The number of hydrogen-bond donors (Lipinski definition) is 2. The minimum absolute atomic E-state index is 0.0564. The molecule has 2 saturated heterocycles. The van der Waals surface area contributed by atoms with Gasteiger partial charge >= 0.3 is 5.97 Å². The Labute approximate surface area is 165 Å². The minimum atomic E-state index is -0.805. The second kappa shape index (κ2) is 8.18. The van der Waals surface area contributed by atoms with Crippen molar-refractivity contribution in [2.24, 2.45) is 0 Å². The van der Waals surface area contributed by atoms with E-state index in [0.717, 1.165) is 11.4 Å². The monoisotopic (exact) mass is 388 g/mol. The highest BCUT2D eigenvalue weighted by molar-refractivity contribution is 6.01. The Bertz CT molecular complexity index is 756. The molecule has 2 amide bonds. The van der Waals surface area contributed by atoms with Crippen LogP contribution in [0.25, 0.3) is 0 Å². The first-order valence-electron chi connectivity index (χ1n) is 9.65. The maximum absolute atomic E-state index is 12.2. The fourth-order valence-corrected chi connectivity index (χ4v) is 4.37. The summed E-state index contributed by atoms with van der Waals surface area (Å²) in [4.78, 5) is 40.8. The number of likely N-dealkylation sites (N-methyl/N-ethyl adjacent to an activating group) is 1. The number of carboxylic acid groups (broad SMARTS) is 1. The number of carbonyl (C=O) groups excluding carboxylic acids is 2. The van der Waals surface area contributed by atoms with Crippen LogP contribution in [-0.2, 0) is 14.4 Å². The van der Waals surface area contributed by atoms with Crippen molar-refractivity contribution >= 4 is 29.2 Å². The summed E-state index contributed by atoms with van der Waals surface area (Å²) in [6.07, 6.45) is 0.853. The molecule has 0 radical (unpaired) electrons. The number of carboxylic acids is 1. The molecule has 2 heterocycles. The first-order chi connectivity index (χ1) is 13.3. The quantitative estimate of drug-likeness (QED) is 0.724. The molecule has 1 aromatic rings. The van der Waals surface area contributed by atoms with E-state index >= 15 is 0 Å². The molecule has 0 bridgehead atoms. The number of anilines is 2. The fraction of sp³-hybridized carbons (Fsp3) is 0.550. The zero-order valence-electron chi connectivity index (χ0n) is 16.6. The smallest absolute Gasteiger partial charge is 0.317 e. The van der Waals surface area contributed by atoms with E-state index in [1.165, 1.54) is 0 Å². The molecule has 0 aromatic heterocycles. The number of imide groups is 1. The largest absolute Gasteiger partial charge is 0.480 e. The summed E-state index contributed by atoms with van der Waals surface area (Å²) in [6, 6.07) is 8.00. The van der Waals surface area contributed by atoms with Crippen molar-refractivity contribution in [3.63, 3.8) is 0 Å². The summed E-state index contributed by atoms with van der Waals surface area (Å²) < 4.78 is 0. The highest BCUT2D eigenvalue weighted by atomic mass is 16.4. The van der Waals surface area contributed by atoms with E-state index in [1.54, 1.807) is 0 Å². The van der Waals surface area contributed by atoms with Crippen molar-refractivity contribution in [3.8, 4) is 0 Å². The predicted octanol–water partition coefficient (Wildman–Crippen LogP) is 0.912. The third kappa shape index (κ3) is 4.27. The average molecular weight is 388 g/mol. The minimum Gasteiger partial charge on any atom is -0.480 e. The number of rotatable bonds is 5. The zero-order valence-corrected chi connectivity index (χ0v) is 16.6. The predicted molar refractivity (Wildman–Crippen MR) is 106 cm³/mol. The van der Waals surface area contributed by atoms with E-state index in [0.29, 0.717) is 25.9 Å². The lowest BCUT2D eigenvalue weighted by molar-refractivity contribution is -0.138. The van der Waals surface area contributed by atoms with Gasteiger partial charge in [-0.15, -0.1) is 0 Å². The van der Waals surface area contributed by atoms with Gasteiger partial charge in [-0.2, -0.15) is 0 Å². The molecular formula is C20H28N4O4. The number of benzene rings is 1. The van der Waals surface area contributed by atoms with Crippen LogP contribution in [0, 0.1) is 0 Å². The third-order valence-electron chi connectivity index (χ3n) is 5.57. The van der Waals surface area contributed by atoms with Gasteiger partial charge in [-0.25, -0.2) is 0 Å². The molecule has 2 N–H and O–H groups in total. The first-order valence-corrected chi connectivity index (χ1v) is 9.65. The average Bonchev–Trinajstić information content (AvgIpc) is 2.60. The summed E-state index contributed by atoms with van der Waals surface area (Å²) >= 11 is 0. The van der Waals surface area contributed by atoms with Gasteiger partial charge in [0.2, 0.25) is 11.8 Å². The van der Waals surface area contributed by atoms with E-state index in [2.05, 4.69) is 30.1 Å². The summed E-state index contributed by atoms with van der Waals surface area (Å²) in [6.45, 7) is 5.62. The topological polar surface area (TPSA) is 93.2 Å². The van der Waals surface area contributed by atoms with Gasteiger partial charge in [0, 0.05) is 50.0 Å². The molecule has 1 unspecified atom stereocenters. The lowest BCUT2D eigenvalue weighted by atomic mass is 10.0. The van der Waals surface area contributed by atoms with Gasteiger partial charge in [0.05, 0.1) is 6.54 Å². The Morgan fingerprint density at radius 1 is 1.25 bits per heavy atom. The number of piperidine rings is 1. The van der Waals surface area contributed by atoms with Crippen molar-refractivity contribution in [1.29, 1.82) is 0 Å². The second-order valence-electron chi connectivity index (χ2n) is 7.79. The van der Waals surface area contributed by atoms with E-state index < -0.39 is 5.97 Å². The Balaban J connectivity index is 1.76.